The molecule has 3 aromatic rings. The van der Waals surface area contributed by atoms with Crippen molar-refractivity contribution in [3.63, 3.8) is 0 Å². The van der Waals surface area contributed by atoms with Crippen molar-refractivity contribution >= 4 is 11.7 Å². The number of carbonyl (C=O) groups excluding carboxylic acids is 1. The maximum atomic E-state index is 14.1. The summed E-state index contributed by atoms with van der Waals surface area (Å²) in [5.41, 5.74) is 1.44. The smallest absolute Gasteiger partial charge is 0.419 e. The van der Waals surface area contributed by atoms with Gasteiger partial charge in [0.1, 0.15) is 11.5 Å². The maximum absolute atomic E-state index is 14.1. The van der Waals surface area contributed by atoms with Gasteiger partial charge in [-0.3, -0.25) is 4.79 Å². The number of nitrogens with one attached hydrogen (secondary N) is 1. The molecule has 0 radical (unpaired) electrons. The van der Waals surface area contributed by atoms with Gasteiger partial charge in [-0.2, -0.15) is 13.2 Å². The Labute approximate surface area is 243 Å². The van der Waals surface area contributed by atoms with Crippen LogP contribution in [-0.2, 0) is 11.6 Å². The Hall–Kier alpha value is -3.73. The fraction of sp³-hybridized carbons (Fsp3) is 0.484. The van der Waals surface area contributed by atoms with E-state index in [4.69, 9.17) is 9.72 Å². The first-order valence-corrected chi connectivity index (χ1v) is 14.7. The van der Waals surface area contributed by atoms with Crippen molar-refractivity contribution in [3.05, 3.63) is 65.6 Å². The Morgan fingerprint density at radius 2 is 1.93 bits per heavy atom. The second-order valence-corrected chi connectivity index (χ2v) is 11.3. The van der Waals surface area contributed by atoms with E-state index in [1.54, 1.807) is 11.1 Å². The van der Waals surface area contributed by atoms with Gasteiger partial charge in [0.05, 0.1) is 23.4 Å². The predicted molar refractivity (Wildman–Crippen MR) is 152 cm³/mol. The number of ether oxygens (including phenoxy) is 1. The van der Waals surface area contributed by atoms with Gasteiger partial charge >= 0.3 is 6.18 Å². The standard InChI is InChI=1S/C31H35F3N6O2/c1-3-20-18-39(27-24(31(32,33)34)8-6-13-36-27)16-12-30(20)19-40(21-11-15-35-17-21)29(41)26-23(30)9-10-25(38-26)22-7-5-14-37-28(22)42-4-2/h5-10,13-14,20-21,35H,3-4,11-12,15-19H2,1-2H3/t20-,21+,30+/m1/s1. The first-order chi connectivity index (χ1) is 20.3. The second kappa shape index (κ2) is 11.2. The van der Waals surface area contributed by atoms with E-state index in [-0.39, 0.29) is 23.7 Å². The van der Waals surface area contributed by atoms with Crippen LogP contribution >= 0.6 is 0 Å². The monoisotopic (exact) mass is 580 g/mol. The van der Waals surface area contributed by atoms with E-state index < -0.39 is 17.2 Å². The van der Waals surface area contributed by atoms with Crippen molar-refractivity contribution < 1.29 is 22.7 Å². The van der Waals surface area contributed by atoms with E-state index in [0.717, 1.165) is 31.0 Å². The summed E-state index contributed by atoms with van der Waals surface area (Å²) in [4.78, 5) is 31.3. The third kappa shape index (κ3) is 4.87. The van der Waals surface area contributed by atoms with Crippen LogP contribution in [0.4, 0.5) is 19.0 Å². The highest BCUT2D eigenvalue weighted by atomic mass is 19.4. The molecule has 3 atom stereocenters. The van der Waals surface area contributed by atoms with E-state index >= 15 is 0 Å². The Kier molecular flexibility index (Phi) is 7.55. The van der Waals surface area contributed by atoms with Crippen LogP contribution in [0.2, 0.25) is 0 Å². The van der Waals surface area contributed by atoms with E-state index in [0.29, 0.717) is 62.0 Å². The normalized spacial score (nSPS) is 24.3. The summed E-state index contributed by atoms with van der Waals surface area (Å²) in [6.07, 6.45) is 0.735. The van der Waals surface area contributed by atoms with Gasteiger partial charge in [-0.1, -0.05) is 19.4 Å². The lowest BCUT2D eigenvalue weighted by Crippen LogP contribution is -2.61. The summed E-state index contributed by atoms with van der Waals surface area (Å²) in [6, 6.07) is 10.1. The molecule has 0 bridgehead atoms. The molecule has 1 spiro atoms. The van der Waals surface area contributed by atoms with Gasteiger partial charge in [-0.15, -0.1) is 0 Å². The van der Waals surface area contributed by atoms with Gasteiger partial charge in [-0.05, 0) is 68.1 Å². The first-order valence-electron chi connectivity index (χ1n) is 14.7. The van der Waals surface area contributed by atoms with E-state index in [1.165, 1.54) is 12.3 Å². The number of alkyl halides is 3. The van der Waals surface area contributed by atoms with Crippen molar-refractivity contribution in [2.75, 3.05) is 44.2 Å². The summed E-state index contributed by atoms with van der Waals surface area (Å²) in [6.45, 7) is 7.26. The molecule has 1 N–H and O–H groups in total. The predicted octanol–water partition coefficient (Wildman–Crippen LogP) is 4.95. The van der Waals surface area contributed by atoms with Crippen LogP contribution in [0.15, 0.2) is 48.8 Å². The topological polar surface area (TPSA) is 83.5 Å². The fourth-order valence-corrected chi connectivity index (χ4v) is 7.02. The quantitative estimate of drug-likeness (QED) is 0.442. The Balaban J connectivity index is 1.43. The number of rotatable bonds is 6. The van der Waals surface area contributed by atoms with Gasteiger partial charge in [-0.25, -0.2) is 15.0 Å². The molecule has 222 valence electrons. The van der Waals surface area contributed by atoms with Crippen molar-refractivity contribution in [1.82, 2.24) is 25.2 Å². The first kappa shape index (κ1) is 28.4. The lowest BCUT2D eigenvalue weighted by Gasteiger charge is -2.53. The summed E-state index contributed by atoms with van der Waals surface area (Å²) in [5.74, 6) is 0.297. The van der Waals surface area contributed by atoms with Crippen molar-refractivity contribution in [2.24, 2.45) is 5.92 Å². The van der Waals surface area contributed by atoms with Gasteiger partial charge < -0.3 is 19.9 Å². The molecule has 3 aliphatic heterocycles. The molecule has 2 fully saturated rings. The number of piperidine rings is 1. The third-order valence-electron chi connectivity index (χ3n) is 9.09. The molecule has 6 rings (SSSR count). The summed E-state index contributed by atoms with van der Waals surface area (Å²) in [5, 5.41) is 3.38. The van der Waals surface area contributed by atoms with Crippen molar-refractivity contribution in [1.29, 1.82) is 0 Å². The maximum Gasteiger partial charge on any atom is 0.419 e. The highest BCUT2D eigenvalue weighted by Gasteiger charge is 2.52. The van der Waals surface area contributed by atoms with Crippen LogP contribution in [0.25, 0.3) is 11.3 Å². The van der Waals surface area contributed by atoms with Crippen LogP contribution in [0.5, 0.6) is 5.88 Å². The number of carbonyl (C=O) groups is 1. The second-order valence-electron chi connectivity index (χ2n) is 11.3. The molecule has 3 aromatic heterocycles. The minimum atomic E-state index is -4.50. The molecular formula is C31H35F3N6O2. The molecule has 0 aromatic carbocycles. The third-order valence-corrected chi connectivity index (χ3v) is 9.09. The number of fused-ring (bicyclic) bond motifs is 2. The zero-order valence-corrected chi connectivity index (χ0v) is 23.8. The Morgan fingerprint density at radius 1 is 1.12 bits per heavy atom. The number of anilines is 1. The number of hydrogen-bond acceptors (Lipinski definition) is 7. The number of pyridine rings is 3. The van der Waals surface area contributed by atoms with Crippen LogP contribution in [0.1, 0.15) is 54.7 Å². The van der Waals surface area contributed by atoms with E-state index in [2.05, 4.69) is 22.2 Å². The highest BCUT2D eigenvalue weighted by molar-refractivity contribution is 5.96. The zero-order valence-electron chi connectivity index (χ0n) is 23.8. The molecule has 0 saturated carbocycles. The lowest BCUT2D eigenvalue weighted by atomic mass is 9.62. The fourth-order valence-electron chi connectivity index (χ4n) is 7.02. The molecular weight excluding hydrogens is 545 g/mol. The number of nitrogens with zero attached hydrogens (tertiary/aromatic N) is 5. The SMILES string of the molecule is CCOc1ncccc1-c1ccc2c(n1)C(=O)N([C@H]1CCNC1)C[C@]21CCN(c2ncccc2C(F)(F)F)C[C@H]1CC. The highest BCUT2D eigenvalue weighted by Crippen LogP contribution is 2.48. The minimum absolute atomic E-state index is 0.0249. The molecule has 6 heterocycles. The van der Waals surface area contributed by atoms with Gasteiger partial charge in [0.15, 0.2) is 0 Å². The minimum Gasteiger partial charge on any atom is -0.477 e. The molecule has 0 aliphatic carbocycles. The largest absolute Gasteiger partial charge is 0.477 e. The number of halogens is 3. The molecule has 8 nitrogen and oxygen atoms in total. The molecule has 3 aliphatic rings. The number of amides is 1. The average molecular weight is 581 g/mol. The van der Waals surface area contributed by atoms with Gasteiger partial charge in [0.25, 0.3) is 5.91 Å². The van der Waals surface area contributed by atoms with Crippen LogP contribution in [0, 0.1) is 5.92 Å². The van der Waals surface area contributed by atoms with E-state index in [1.807, 2.05) is 36.1 Å². The van der Waals surface area contributed by atoms with Crippen LogP contribution in [0.3, 0.4) is 0 Å². The van der Waals surface area contributed by atoms with Crippen LogP contribution < -0.4 is 15.0 Å². The Bertz CT molecular complexity index is 1460. The zero-order chi connectivity index (χ0) is 29.5. The Morgan fingerprint density at radius 3 is 2.67 bits per heavy atom. The molecule has 2 saturated heterocycles. The summed E-state index contributed by atoms with van der Waals surface area (Å²) in [7, 11) is 0. The van der Waals surface area contributed by atoms with Crippen molar-refractivity contribution in [2.45, 2.75) is 50.7 Å². The van der Waals surface area contributed by atoms with Gasteiger partial charge in [0, 0.05) is 50.0 Å². The van der Waals surface area contributed by atoms with Gasteiger partial charge in [0.2, 0.25) is 5.88 Å². The number of aromatic nitrogens is 3. The average Bonchev–Trinajstić information content (AvgIpc) is 3.54. The molecule has 11 heteroatoms. The molecule has 1 amide bonds. The summed E-state index contributed by atoms with van der Waals surface area (Å²) >= 11 is 0. The summed E-state index contributed by atoms with van der Waals surface area (Å²) < 4.78 is 47.5. The lowest BCUT2D eigenvalue weighted by molar-refractivity contribution is -0.137. The van der Waals surface area contributed by atoms with Crippen molar-refractivity contribution in [3.8, 4) is 17.1 Å². The van der Waals surface area contributed by atoms with E-state index in [9.17, 15) is 18.0 Å². The molecule has 0 unspecified atom stereocenters. The number of hydrogen-bond donors (Lipinski definition) is 1. The van der Waals surface area contributed by atoms with Crippen LogP contribution in [-0.4, -0.2) is 71.1 Å². The molecule has 42 heavy (non-hydrogen) atoms.